The summed E-state index contributed by atoms with van der Waals surface area (Å²) in [5.74, 6) is -0.121. The smallest absolute Gasteiger partial charge is 0.239 e. The van der Waals surface area contributed by atoms with E-state index in [1.54, 1.807) is 0 Å². The first-order chi connectivity index (χ1) is 5.96. The second kappa shape index (κ2) is 4.94. The lowest BCUT2D eigenvalue weighted by molar-refractivity contribution is -0.132. The Labute approximate surface area is 90.2 Å². The maximum absolute atomic E-state index is 13.4. The largest absolute Gasteiger partial charge is 0.338 e. The van der Waals surface area contributed by atoms with Crippen LogP contribution in [0.2, 0.25) is 0 Å². The van der Waals surface area contributed by atoms with Crippen molar-refractivity contribution in [2.45, 2.75) is 38.4 Å². The van der Waals surface area contributed by atoms with E-state index in [1.807, 2.05) is 6.92 Å². The van der Waals surface area contributed by atoms with Gasteiger partial charge in [0, 0.05) is 13.0 Å². The first kappa shape index (κ1) is 13.7. The van der Waals surface area contributed by atoms with Gasteiger partial charge in [-0.1, -0.05) is 6.92 Å². The van der Waals surface area contributed by atoms with E-state index in [1.165, 1.54) is 11.8 Å². The highest BCUT2D eigenvalue weighted by Gasteiger charge is 2.36. The predicted octanol–water partition coefficient (Wildman–Crippen LogP) is 1.11. The molecule has 0 aromatic carbocycles. The van der Waals surface area contributed by atoms with E-state index in [2.05, 4.69) is 0 Å². The Bertz CT molecular complexity index is 211. The molecule has 0 aromatic rings. The van der Waals surface area contributed by atoms with Gasteiger partial charge in [0.15, 0.2) is 0 Å². The van der Waals surface area contributed by atoms with Gasteiger partial charge in [-0.15, -0.1) is 12.4 Å². The summed E-state index contributed by atoms with van der Waals surface area (Å²) in [5.41, 5.74) is 4.35. The van der Waals surface area contributed by atoms with E-state index >= 15 is 0 Å². The van der Waals surface area contributed by atoms with Crippen molar-refractivity contribution in [3.05, 3.63) is 0 Å². The molecule has 5 heteroatoms. The van der Waals surface area contributed by atoms with Gasteiger partial charge in [-0.05, 0) is 13.3 Å². The first-order valence-electron chi connectivity index (χ1n) is 4.69. The fourth-order valence-electron chi connectivity index (χ4n) is 1.52. The van der Waals surface area contributed by atoms with Crippen LogP contribution in [-0.2, 0) is 4.79 Å². The highest BCUT2D eigenvalue weighted by Crippen LogP contribution is 2.24. The molecule has 3 nitrogen and oxygen atoms in total. The number of amides is 1. The quantitative estimate of drug-likeness (QED) is 0.764. The van der Waals surface area contributed by atoms with Crippen LogP contribution >= 0.6 is 12.4 Å². The second-order valence-electron chi connectivity index (χ2n) is 3.94. The maximum Gasteiger partial charge on any atom is 0.239 e. The molecule has 2 atom stereocenters. The summed E-state index contributed by atoms with van der Waals surface area (Å²) in [6.07, 6.45) is 1.04. The van der Waals surface area contributed by atoms with Crippen molar-refractivity contribution in [2.24, 2.45) is 5.73 Å². The van der Waals surface area contributed by atoms with Crippen LogP contribution in [0.5, 0.6) is 0 Å². The average Bonchev–Trinajstić information content (AvgIpc) is 2.43. The van der Waals surface area contributed by atoms with Crippen LogP contribution in [0.1, 0.15) is 26.7 Å². The Morgan fingerprint density at radius 1 is 1.71 bits per heavy atom. The van der Waals surface area contributed by atoms with Crippen molar-refractivity contribution in [1.29, 1.82) is 0 Å². The summed E-state index contributed by atoms with van der Waals surface area (Å²) in [7, 11) is 0. The summed E-state index contributed by atoms with van der Waals surface area (Å²) < 4.78 is 13.4. The minimum atomic E-state index is -1.22. The Morgan fingerprint density at radius 2 is 2.29 bits per heavy atom. The van der Waals surface area contributed by atoms with Crippen LogP contribution < -0.4 is 5.73 Å². The number of halogens is 2. The van der Waals surface area contributed by atoms with Gasteiger partial charge in [-0.3, -0.25) is 4.79 Å². The monoisotopic (exact) mass is 224 g/mol. The predicted molar refractivity (Wildman–Crippen MR) is 56.2 cm³/mol. The number of carbonyl (C=O) groups is 1. The van der Waals surface area contributed by atoms with E-state index < -0.39 is 11.7 Å². The molecule has 1 heterocycles. The second-order valence-corrected chi connectivity index (χ2v) is 3.94. The molecule has 0 radical (unpaired) electrons. The highest BCUT2D eigenvalue weighted by atomic mass is 35.5. The zero-order chi connectivity index (χ0) is 10.1. The third-order valence-electron chi connectivity index (χ3n) is 2.49. The van der Waals surface area contributed by atoms with Gasteiger partial charge in [-0.25, -0.2) is 4.39 Å². The Kier molecular flexibility index (Phi) is 4.81. The lowest BCUT2D eigenvalue weighted by atomic mass is 10.1. The maximum atomic E-state index is 13.4. The van der Waals surface area contributed by atoms with Gasteiger partial charge in [0.2, 0.25) is 5.91 Å². The third-order valence-corrected chi connectivity index (χ3v) is 2.49. The normalized spacial score (nSPS) is 28.4. The molecule has 0 aromatic heterocycles. The molecule has 0 bridgehead atoms. The van der Waals surface area contributed by atoms with Crippen LogP contribution in [-0.4, -0.2) is 35.6 Å². The number of alkyl halides is 1. The molecule has 14 heavy (non-hydrogen) atoms. The lowest BCUT2D eigenvalue weighted by Crippen LogP contribution is -2.43. The number of nitrogens with two attached hydrogens (primary N) is 1. The SMILES string of the molecule is CCC(N)C(=O)N1CCC(C)(F)C1.Cl. The minimum Gasteiger partial charge on any atom is -0.338 e. The topological polar surface area (TPSA) is 46.3 Å². The van der Waals surface area contributed by atoms with Crippen LogP contribution in [0, 0.1) is 0 Å². The van der Waals surface area contributed by atoms with E-state index in [-0.39, 0.29) is 24.9 Å². The summed E-state index contributed by atoms with van der Waals surface area (Å²) in [5, 5.41) is 0. The van der Waals surface area contributed by atoms with E-state index in [9.17, 15) is 9.18 Å². The van der Waals surface area contributed by atoms with Gasteiger partial charge in [0.1, 0.15) is 5.67 Å². The summed E-state index contributed by atoms with van der Waals surface area (Å²) >= 11 is 0. The number of rotatable bonds is 2. The van der Waals surface area contributed by atoms with E-state index in [0.29, 0.717) is 19.4 Å². The molecule has 1 saturated heterocycles. The highest BCUT2D eigenvalue weighted by molar-refractivity contribution is 5.85. The van der Waals surface area contributed by atoms with E-state index in [4.69, 9.17) is 5.73 Å². The summed E-state index contributed by atoms with van der Waals surface area (Å²) in [6.45, 7) is 4.07. The number of hydrogen-bond donors (Lipinski definition) is 1. The number of likely N-dealkylation sites (tertiary alicyclic amines) is 1. The average molecular weight is 225 g/mol. The van der Waals surface area contributed by atoms with Crippen molar-refractivity contribution in [3.8, 4) is 0 Å². The molecular formula is C9H18ClFN2O. The van der Waals surface area contributed by atoms with Crippen molar-refractivity contribution in [2.75, 3.05) is 13.1 Å². The molecule has 2 unspecified atom stereocenters. The molecule has 2 N–H and O–H groups in total. The Balaban J connectivity index is 0.00000169. The zero-order valence-electron chi connectivity index (χ0n) is 8.62. The lowest BCUT2D eigenvalue weighted by Gasteiger charge is -2.20. The summed E-state index contributed by atoms with van der Waals surface area (Å²) in [6, 6.07) is -0.464. The third kappa shape index (κ3) is 3.10. The standard InChI is InChI=1S/C9H17FN2O.ClH/c1-3-7(11)8(13)12-5-4-9(2,10)6-12;/h7H,3-6,11H2,1-2H3;1H. The van der Waals surface area contributed by atoms with Crippen LogP contribution in [0.3, 0.4) is 0 Å². The fraction of sp³-hybridized carbons (Fsp3) is 0.889. The van der Waals surface area contributed by atoms with Crippen LogP contribution in [0.25, 0.3) is 0 Å². The van der Waals surface area contributed by atoms with Gasteiger partial charge < -0.3 is 10.6 Å². The number of carbonyl (C=O) groups excluding carboxylic acids is 1. The van der Waals surface area contributed by atoms with Crippen molar-refractivity contribution < 1.29 is 9.18 Å². The molecule has 1 rings (SSSR count). The molecule has 1 amide bonds. The zero-order valence-corrected chi connectivity index (χ0v) is 9.44. The number of nitrogens with zero attached hydrogens (tertiary/aromatic N) is 1. The van der Waals surface area contributed by atoms with Crippen molar-refractivity contribution in [3.63, 3.8) is 0 Å². The molecule has 84 valence electrons. The molecule has 0 spiro atoms. The number of hydrogen-bond acceptors (Lipinski definition) is 2. The van der Waals surface area contributed by atoms with Gasteiger partial charge in [0.05, 0.1) is 12.6 Å². The summed E-state index contributed by atoms with van der Waals surface area (Å²) in [4.78, 5) is 13.0. The van der Waals surface area contributed by atoms with Gasteiger partial charge in [-0.2, -0.15) is 0 Å². The Morgan fingerprint density at radius 3 is 2.64 bits per heavy atom. The van der Waals surface area contributed by atoms with Crippen LogP contribution in [0.15, 0.2) is 0 Å². The molecule has 1 aliphatic rings. The molecule has 1 aliphatic heterocycles. The van der Waals surface area contributed by atoms with Crippen LogP contribution in [0.4, 0.5) is 4.39 Å². The molecule has 0 aliphatic carbocycles. The minimum absolute atomic E-state index is 0. The van der Waals surface area contributed by atoms with Gasteiger partial charge in [0.25, 0.3) is 0 Å². The molecule has 1 fully saturated rings. The van der Waals surface area contributed by atoms with Gasteiger partial charge >= 0.3 is 0 Å². The Hall–Kier alpha value is -0.350. The fourth-order valence-corrected chi connectivity index (χ4v) is 1.52. The first-order valence-corrected chi connectivity index (χ1v) is 4.69. The molecule has 0 saturated carbocycles. The molecular weight excluding hydrogens is 207 g/mol. The van der Waals surface area contributed by atoms with Crippen molar-refractivity contribution >= 4 is 18.3 Å². The van der Waals surface area contributed by atoms with E-state index in [0.717, 1.165) is 0 Å². The van der Waals surface area contributed by atoms with Crippen molar-refractivity contribution in [1.82, 2.24) is 4.90 Å².